The fourth-order valence-corrected chi connectivity index (χ4v) is 1.89. The van der Waals surface area contributed by atoms with Crippen LogP contribution in [0.15, 0.2) is 12.2 Å². The standard InChI is InChI=1S/C12H24N2O/c1-4-15-10-9-13-5-7-14(8-6-13)11-12(2)3/h2,4-11H2,1,3H3. The van der Waals surface area contributed by atoms with E-state index in [0.29, 0.717) is 0 Å². The lowest BCUT2D eigenvalue weighted by atomic mass is 10.2. The molecule has 1 aliphatic rings. The van der Waals surface area contributed by atoms with E-state index in [2.05, 4.69) is 23.3 Å². The number of ether oxygens (including phenoxy) is 1. The Bertz CT molecular complexity index is 186. The van der Waals surface area contributed by atoms with E-state index in [1.54, 1.807) is 0 Å². The maximum Gasteiger partial charge on any atom is 0.0593 e. The van der Waals surface area contributed by atoms with E-state index in [1.807, 2.05) is 6.92 Å². The smallest absolute Gasteiger partial charge is 0.0593 e. The summed E-state index contributed by atoms with van der Waals surface area (Å²) in [6.07, 6.45) is 0. The lowest BCUT2D eigenvalue weighted by Crippen LogP contribution is -2.47. The van der Waals surface area contributed by atoms with Crippen LogP contribution in [0.2, 0.25) is 0 Å². The van der Waals surface area contributed by atoms with Crippen LogP contribution in [-0.4, -0.2) is 62.3 Å². The van der Waals surface area contributed by atoms with Gasteiger partial charge in [-0.1, -0.05) is 12.2 Å². The van der Waals surface area contributed by atoms with Crippen molar-refractivity contribution in [1.82, 2.24) is 9.80 Å². The fourth-order valence-electron chi connectivity index (χ4n) is 1.89. The van der Waals surface area contributed by atoms with Crippen LogP contribution >= 0.6 is 0 Å². The van der Waals surface area contributed by atoms with Gasteiger partial charge in [-0.25, -0.2) is 0 Å². The predicted molar refractivity (Wildman–Crippen MR) is 64.2 cm³/mol. The minimum Gasteiger partial charge on any atom is -0.380 e. The molecule has 3 nitrogen and oxygen atoms in total. The van der Waals surface area contributed by atoms with E-state index >= 15 is 0 Å². The summed E-state index contributed by atoms with van der Waals surface area (Å²) >= 11 is 0. The van der Waals surface area contributed by atoms with E-state index < -0.39 is 0 Å². The first kappa shape index (κ1) is 12.7. The van der Waals surface area contributed by atoms with Crippen molar-refractivity contribution < 1.29 is 4.74 Å². The summed E-state index contributed by atoms with van der Waals surface area (Å²) in [4.78, 5) is 4.95. The molecule has 0 amide bonds. The molecule has 0 saturated carbocycles. The third-order valence-electron chi connectivity index (χ3n) is 2.71. The normalized spacial score (nSPS) is 19.3. The summed E-state index contributed by atoms with van der Waals surface area (Å²) in [6, 6.07) is 0. The van der Waals surface area contributed by atoms with E-state index in [9.17, 15) is 0 Å². The third kappa shape index (κ3) is 5.30. The van der Waals surface area contributed by atoms with E-state index in [0.717, 1.165) is 26.3 Å². The fraction of sp³-hybridized carbons (Fsp3) is 0.833. The van der Waals surface area contributed by atoms with Crippen LogP contribution in [0.5, 0.6) is 0 Å². The summed E-state index contributed by atoms with van der Waals surface area (Å²) in [5.74, 6) is 0. The van der Waals surface area contributed by atoms with Gasteiger partial charge in [0.1, 0.15) is 0 Å². The number of hydrogen-bond acceptors (Lipinski definition) is 3. The van der Waals surface area contributed by atoms with Crippen LogP contribution in [0.1, 0.15) is 13.8 Å². The summed E-state index contributed by atoms with van der Waals surface area (Å²) in [5.41, 5.74) is 1.26. The minimum atomic E-state index is 0.829. The zero-order valence-electron chi connectivity index (χ0n) is 10.2. The van der Waals surface area contributed by atoms with Gasteiger partial charge in [-0.05, 0) is 13.8 Å². The van der Waals surface area contributed by atoms with E-state index in [-0.39, 0.29) is 0 Å². The molecule has 0 radical (unpaired) electrons. The molecule has 0 aromatic carbocycles. The molecule has 0 N–H and O–H groups in total. The molecule has 1 fully saturated rings. The summed E-state index contributed by atoms with van der Waals surface area (Å²) < 4.78 is 5.36. The first-order valence-electron chi connectivity index (χ1n) is 5.89. The van der Waals surface area contributed by atoms with Crippen LogP contribution < -0.4 is 0 Å². The molecule has 0 unspecified atom stereocenters. The van der Waals surface area contributed by atoms with Gasteiger partial charge in [0.15, 0.2) is 0 Å². The molecule has 1 saturated heterocycles. The zero-order chi connectivity index (χ0) is 11.1. The van der Waals surface area contributed by atoms with Gasteiger partial charge in [0.05, 0.1) is 6.61 Å². The molecule has 0 aromatic heterocycles. The predicted octanol–water partition coefficient (Wildman–Crippen LogP) is 1.22. The molecule has 3 heteroatoms. The molecule has 0 bridgehead atoms. The number of hydrogen-bond donors (Lipinski definition) is 0. The van der Waals surface area contributed by atoms with Crippen LogP contribution in [0.25, 0.3) is 0 Å². The van der Waals surface area contributed by atoms with Crippen LogP contribution in [0.3, 0.4) is 0 Å². The minimum absolute atomic E-state index is 0.829. The van der Waals surface area contributed by atoms with Crippen molar-refractivity contribution in [3.8, 4) is 0 Å². The van der Waals surface area contributed by atoms with Crippen molar-refractivity contribution in [3.63, 3.8) is 0 Å². The first-order valence-corrected chi connectivity index (χ1v) is 5.89. The Labute approximate surface area is 93.7 Å². The van der Waals surface area contributed by atoms with Gasteiger partial charge in [0, 0.05) is 45.9 Å². The van der Waals surface area contributed by atoms with Crippen molar-refractivity contribution in [2.24, 2.45) is 0 Å². The average molecular weight is 212 g/mol. The molecular weight excluding hydrogens is 188 g/mol. The monoisotopic (exact) mass is 212 g/mol. The van der Waals surface area contributed by atoms with Crippen LogP contribution in [0, 0.1) is 0 Å². The van der Waals surface area contributed by atoms with Gasteiger partial charge in [0.25, 0.3) is 0 Å². The summed E-state index contributed by atoms with van der Waals surface area (Å²) in [6.45, 7) is 16.6. The van der Waals surface area contributed by atoms with Crippen molar-refractivity contribution in [3.05, 3.63) is 12.2 Å². The van der Waals surface area contributed by atoms with Gasteiger partial charge in [0.2, 0.25) is 0 Å². The zero-order valence-corrected chi connectivity index (χ0v) is 10.2. The van der Waals surface area contributed by atoms with Gasteiger partial charge in [-0.2, -0.15) is 0 Å². The molecule has 0 aromatic rings. The quantitative estimate of drug-likeness (QED) is 0.486. The van der Waals surface area contributed by atoms with E-state index in [1.165, 1.54) is 31.8 Å². The van der Waals surface area contributed by atoms with E-state index in [4.69, 9.17) is 4.74 Å². The lowest BCUT2D eigenvalue weighted by molar-refractivity contribution is 0.0837. The SMILES string of the molecule is C=C(C)CN1CCN(CCOCC)CC1. The van der Waals surface area contributed by atoms with Gasteiger partial charge >= 0.3 is 0 Å². The number of piperazine rings is 1. The highest BCUT2D eigenvalue weighted by Crippen LogP contribution is 2.03. The molecular formula is C12H24N2O. The highest BCUT2D eigenvalue weighted by atomic mass is 16.5. The Balaban J connectivity index is 2.10. The molecule has 0 aliphatic carbocycles. The van der Waals surface area contributed by atoms with Crippen molar-refractivity contribution >= 4 is 0 Å². The molecule has 0 spiro atoms. The van der Waals surface area contributed by atoms with Gasteiger partial charge in [-0.15, -0.1) is 0 Å². The van der Waals surface area contributed by atoms with Crippen molar-refractivity contribution in [1.29, 1.82) is 0 Å². The molecule has 1 rings (SSSR count). The molecule has 1 heterocycles. The van der Waals surface area contributed by atoms with Crippen molar-refractivity contribution in [2.45, 2.75) is 13.8 Å². The lowest BCUT2D eigenvalue weighted by Gasteiger charge is -2.34. The number of nitrogens with zero attached hydrogens (tertiary/aromatic N) is 2. The van der Waals surface area contributed by atoms with Crippen LogP contribution in [-0.2, 0) is 4.74 Å². The van der Waals surface area contributed by atoms with Gasteiger partial charge in [-0.3, -0.25) is 9.80 Å². The summed E-state index contributed by atoms with van der Waals surface area (Å²) in [5, 5.41) is 0. The Morgan fingerprint density at radius 2 is 1.80 bits per heavy atom. The maximum atomic E-state index is 5.36. The second-order valence-corrected chi connectivity index (χ2v) is 4.27. The van der Waals surface area contributed by atoms with Gasteiger partial charge < -0.3 is 4.74 Å². The Kier molecular flexibility index (Phi) is 5.91. The van der Waals surface area contributed by atoms with Crippen molar-refractivity contribution in [2.75, 3.05) is 52.5 Å². The molecule has 0 atom stereocenters. The Morgan fingerprint density at radius 1 is 1.20 bits per heavy atom. The number of rotatable bonds is 6. The van der Waals surface area contributed by atoms with Crippen LogP contribution in [0.4, 0.5) is 0 Å². The first-order chi connectivity index (χ1) is 7.22. The maximum absolute atomic E-state index is 5.36. The Morgan fingerprint density at radius 3 is 2.33 bits per heavy atom. The highest BCUT2D eigenvalue weighted by molar-refractivity contribution is 4.92. The largest absolute Gasteiger partial charge is 0.380 e. The Hall–Kier alpha value is -0.380. The third-order valence-corrected chi connectivity index (χ3v) is 2.71. The molecule has 15 heavy (non-hydrogen) atoms. The molecule has 1 aliphatic heterocycles. The highest BCUT2D eigenvalue weighted by Gasteiger charge is 2.15. The second-order valence-electron chi connectivity index (χ2n) is 4.27. The average Bonchev–Trinajstić information content (AvgIpc) is 2.20. The topological polar surface area (TPSA) is 15.7 Å². The second kappa shape index (κ2) is 6.99. The molecule has 88 valence electrons. The summed E-state index contributed by atoms with van der Waals surface area (Å²) in [7, 11) is 0.